The molecule has 0 amide bonds. The lowest BCUT2D eigenvalue weighted by atomic mass is 10.0. The van der Waals surface area contributed by atoms with E-state index in [1.54, 1.807) is 19.1 Å². The van der Waals surface area contributed by atoms with Crippen molar-refractivity contribution in [2.75, 3.05) is 18.0 Å². The molecular weight excluding hydrogens is 503 g/mol. The number of ether oxygens (including phenoxy) is 1. The highest BCUT2D eigenvalue weighted by molar-refractivity contribution is 6.39. The van der Waals surface area contributed by atoms with Crippen molar-refractivity contribution in [1.82, 2.24) is 15.1 Å². The van der Waals surface area contributed by atoms with Gasteiger partial charge in [-0.25, -0.2) is 14.8 Å². The van der Waals surface area contributed by atoms with Gasteiger partial charge in [0.25, 0.3) is 0 Å². The quantitative estimate of drug-likeness (QED) is 0.413. The summed E-state index contributed by atoms with van der Waals surface area (Å²) >= 11 is 13.0. The van der Waals surface area contributed by atoms with Crippen LogP contribution in [0.15, 0.2) is 28.8 Å². The van der Waals surface area contributed by atoms with E-state index in [1.165, 1.54) is 6.07 Å². The first kappa shape index (κ1) is 23.7. The summed E-state index contributed by atoms with van der Waals surface area (Å²) in [5.41, 5.74) is 2.99. The van der Waals surface area contributed by atoms with Crippen molar-refractivity contribution in [3.63, 3.8) is 0 Å². The van der Waals surface area contributed by atoms with E-state index in [0.717, 1.165) is 50.1 Å². The van der Waals surface area contributed by atoms with Gasteiger partial charge in [0.2, 0.25) is 5.95 Å². The molecule has 2 aliphatic carbocycles. The Balaban J connectivity index is 1.14. The average Bonchev–Trinajstić information content (AvgIpc) is 3.30. The summed E-state index contributed by atoms with van der Waals surface area (Å²) < 4.78 is 12.2. The third kappa shape index (κ3) is 4.46. The second kappa shape index (κ2) is 9.32. The molecule has 3 aromatic rings. The maximum Gasteiger partial charge on any atom is 0.354 e. The lowest BCUT2D eigenvalue weighted by Crippen LogP contribution is -2.26. The Bertz CT molecular complexity index is 1290. The van der Waals surface area contributed by atoms with Crippen molar-refractivity contribution in [3.8, 4) is 11.3 Å². The van der Waals surface area contributed by atoms with Gasteiger partial charge in [-0.1, -0.05) is 34.4 Å². The fourth-order valence-corrected chi connectivity index (χ4v) is 6.17. The minimum atomic E-state index is -1.04. The number of anilines is 1. The van der Waals surface area contributed by atoms with E-state index < -0.39 is 5.97 Å². The number of hydrogen-bond donors (Lipinski definition) is 1. The van der Waals surface area contributed by atoms with Gasteiger partial charge < -0.3 is 19.3 Å². The van der Waals surface area contributed by atoms with Crippen molar-refractivity contribution in [2.45, 2.75) is 51.2 Å². The first-order valence-electron chi connectivity index (χ1n) is 12.3. The van der Waals surface area contributed by atoms with E-state index in [-0.39, 0.29) is 11.8 Å². The predicted octanol–water partition coefficient (Wildman–Crippen LogP) is 5.75. The highest BCUT2D eigenvalue weighted by Gasteiger charge is 2.43. The van der Waals surface area contributed by atoms with Gasteiger partial charge in [-0.3, -0.25) is 0 Å². The number of carboxylic acid groups (broad SMARTS) is 1. The Morgan fingerprint density at radius 3 is 2.50 bits per heavy atom. The summed E-state index contributed by atoms with van der Waals surface area (Å²) in [5.74, 6) is 1.64. The van der Waals surface area contributed by atoms with Crippen LogP contribution in [0.5, 0.6) is 0 Å². The van der Waals surface area contributed by atoms with E-state index in [2.05, 4.69) is 20.0 Å². The zero-order valence-electron chi connectivity index (χ0n) is 19.8. The molecule has 36 heavy (non-hydrogen) atoms. The molecule has 2 aromatic heterocycles. The monoisotopic (exact) mass is 528 g/mol. The SMILES string of the molecule is Cc1cc(C(=O)O)nc(N2C[C@H]3CC(OCc4c(-c5c(Cl)cccc5Cl)noc4C4CC4)C[C@H]3C2)n1. The number of carbonyl (C=O) groups is 1. The molecule has 1 aliphatic heterocycles. The maximum absolute atomic E-state index is 11.4. The second-order valence-corrected chi connectivity index (χ2v) is 10.9. The molecular formula is C26H26Cl2N4O4. The molecule has 0 radical (unpaired) electrons. The van der Waals surface area contributed by atoms with Crippen LogP contribution in [0.2, 0.25) is 10.0 Å². The summed E-state index contributed by atoms with van der Waals surface area (Å²) in [7, 11) is 0. The van der Waals surface area contributed by atoms with E-state index in [1.807, 2.05) is 6.07 Å². The van der Waals surface area contributed by atoms with Gasteiger partial charge in [-0.15, -0.1) is 0 Å². The number of carboxylic acids is 1. The number of halogens is 2. The van der Waals surface area contributed by atoms with Gasteiger partial charge in [0.05, 0.1) is 22.8 Å². The second-order valence-electron chi connectivity index (χ2n) is 10.1. The van der Waals surface area contributed by atoms with Gasteiger partial charge in [-0.05, 0) is 62.6 Å². The van der Waals surface area contributed by atoms with Crippen molar-refractivity contribution in [1.29, 1.82) is 0 Å². The first-order chi connectivity index (χ1) is 17.4. The van der Waals surface area contributed by atoms with Gasteiger partial charge in [-0.2, -0.15) is 0 Å². The predicted molar refractivity (Wildman–Crippen MR) is 135 cm³/mol. The van der Waals surface area contributed by atoms with Crippen LogP contribution in [0.4, 0.5) is 5.95 Å². The lowest BCUT2D eigenvalue weighted by molar-refractivity contribution is 0.0402. The van der Waals surface area contributed by atoms with E-state index in [0.29, 0.717) is 57.3 Å². The third-order valence-electron chi connectivity index (χ3n) is 7.48. The summed E-state index contributed by atoms with van der Waals surface area (Å²) in [6.07, 6.45) is 4.18. The molecule has 2 saturated carbocycles. The molecule has 10 heteroatoms. The summed E-state index contributed by atoms with van der Waals surface area (Å²) in [6, 6.07) is 6.93. The van der Waals surface area contributed by atoms with Gasteiger partial charge in [0, 0.05) is 35.8 Å². The highest BCUT2D eigenvalue weighted by atomic mass is 35.5. The fraction of sp³-hybridized carbons (Fsp3) is 0.462. The Morgan fingerprint density at radius 1 is 1.17 bits per heavy atom. The summed E-state index contributed by atoms with van der Waals surface area (Å²) in [4.78, 5) is 22.2. The number of nitrogens with zero attached hydrogens (tertiary/aromatic N) is 4. The number of hydrogen-bond acceptors (Lipinski definition) is 7. The molecule has 0 spiro atoms. The van der Waals surface area contributed by atoms with E-state index in [9.17, 15) is 9.90 Å². The molecule has 1 aromatic carbocycles. The first-order valence-corrected chi connectivity index (χ1v) is 13.0. The molecule has 1 N–H and O–H groups in total. The minimum Gasteiger partial charge on any atom is -0.477 e. The smallest absolute Gasteiger partial charge is 0.354 e. The number of rotatable bonds is 7. The number of benzene rings is 1. The topological polar surface area (TPSA) is 102 Å². The van der Waals surface area contributed by atoms with E-state index >= 15 is 0 Å². The largest absolute Gasteiger partial charge is 0.477 e. The minimum absolute atomic E-state index is 0.0328. The molecule has 3 aliphatic rings. The van der Waals surface area contributed by atoms with Crippen molar-refractivity contribution >= 4 is 35.1 Å². The van der Waals surface area contributed by atoms with Crippen LogP contribution in [-0.4, -0.2) is 45.4 Å². The van der Waals surface area contributed by atoms with Crippen LogP contribution in [0, 0.1) is 18.8 Å². The Hall–Kier alpha value is -2.68. The Morgan fingerprint density at radius 2 is 1.86 bits per heavy atom. The van der Waals surface area contributed by atoms with Crippen molar-refractivity contribution < 1.29 is 19.2 Å². The van der Waals surface area contributed by atoms with Crippen LogP contribution in [0.25, 0.3) is 11.3 Å². The van der Waals surface area contributed by atoms with Gasteiger partial charge in [0.1, 0.15) is 11.5 Å². The van der Waals surface area contributed by atoms with Crippen LogP contribution in [0.1, 0.15) is 59.1 Å². The van der Waals surface area contributed by atoms with Crippen molar-refractivity contribution in [3.05, 3.63) is 57.0 Å². The summed E-state index contributed by atoms with van der Waals surface area (Å²) in [6.45, 7) is 3.80. The zero-order valence-corrected chi connectivity index (χ0v) is 21.3. The molecule has 0 bridgehead atoms. The van der Waals surface area contributed by atoms with Crippen molar-refractivity contribution in [2.24, 2.45) is 11.8 Å². The van der Waals surface area contributed by atoms with E-state index in [4.69, 9.17) is 32.5 Å². The molecule has 3 atom stereocenters. The van der Waals surface area contributed by atoms with Crippen LogP contribution in [-0.2, 0) is 11.3 Å². The standard InChI is InChI=1S/C26H26Cl2N4O4/c1-13-7-21(25(33)34)30-26(29-13)32-10-15-8-17(9-16(15)11-32)35-12-18-23(31-36-24(18)14-5-6-14)22-19(27)3-2-4-20(22)28/h2-4,7,14-17H,5-6,8-12H2,1H3,(H,33,34)/t15-,16+,17?. The number of aryl methyl sites for hydroxylation is 1. The Labute approximate surface area is 218 Å². The average molecular weight is 529 g/mol. The molecule has 3 fully saturated rings. The molecule has 3 heterocycles. The normalized spacial score (nSPS) is 23.3. The van der Waals surface area contributed by atoms with Gasteiger partial charge >= 0.3 is 5.97 Å². The zero-order chi connectivity index (χ0) is 25.0. The molecule has 8 nitrogen and oxygen atoms in total. The molecule has 1 saturated heterocycles. The Kier molecular flexibility index (Phi) is 6.14. The molecule has 6 rings (SSSR count). The molecule has 1 unspecified atom stereocenters. The summed E-state index contributed by atoms with van der Waals surface area (Å²) in [5, 5.41) is 14.8. The number of aromatic nitrogens is 3. The lowest BCUT2D eigenvalue weighted by Gasteiger charge is -2.20. The number of aromatic carboxylic acids is 1. The fourth-order valence-electron chi connectivity index (χ4n) is 5.60. The van der Waals surface area contributed by atoms with Crippen LogP contribution >= 0.6 is 23.2 Å². The highest BCUT2D eigenvalue weighted by Crippen LogP contribution is 2.47. The molecule has 188 valence electrons. The maximum atomic E-state index is 11.4. The van der Waals surface area contributed by atoms with Gasteiger partial charge in [0.15, 0.2) is 5.69 Å². The third-order valence-corrected chi connectivity index (χ3v) is 8.11. The number of fused-ring (bicyclic) bond motifs is 1. The van der Waals surface area contributed by atoms with Crippen LogP contribution in [0.3, 0.4) is 0 Å². The van der Waals surface area contributed by atoms with Crippen LogP contribution < -0.4 is 4.90 Å².